The van der Waals surface area contributed by atoms with Crippen molar-refractivity contribution in [1.82, 2.24) is 4.98 Å². The van der Waals surface area contributed by atoms with E-state index < -0.39 is 5.54 Å². The zero-order chi connectivity index (χ0) is 16.6. The molecule has 2 aromatic carbocycles. The van der Waals surface area contributed by atoms with Crippen LogP contribution in [0.15, 0.2) is 36.4 Å². The highest BCUT2D eigenvalue weighted by Crippen LogP contribution is 2.35. The highest BCUT2D eigenvalue weighted by molar-refractivity contribution is 6.31. The predicted octanol–water partition coefficient (Wildman–Crippen LogP) is 4.23. The van der Waals surface area contributed by atoms with Crippen molar-refractivity contribution >= 4 is 39.1 Å². The maximum absolute atomic E-state index is 9.62. The van der Waals surface area contributed by atoms with Crippen LogP contribution in [0.1, 0.15) is 13.8 Å². The van der Waals surface area contributed by atoms with E-state index in [2.05, 4.69) is 10.3 Å². The van der Waals surface area contributed by atoms with E-state index in [4.69, 9.17) is 16.3 Å². The predicted molar refractivity (Wildman–Crippen MR) is 95.6 cm³/mol. The molecule has 1 aromatic heterocycles. The van der Waals surface area contributed by atoms with Crippen LogP contribution >= 0.6 is 11.6 Å². The fraction of sp³-hybridized carbons (Fsp3) is 0.278. The van der Waals surface area contributed by atoms with E-state index in [0.29, 0.717) is 5.02 Å². The molecule has 5 heteroatoms. The van der Waals surface area contributed by atoms with E-state index in [9.17, 15) is 5.11 Å². The van der Waals surface area contributed by atoms with Crippen LogP contribution in [0.4, 0.5) is 5.69 Å². The van der Waals surface area contributed by atoms with Gasteiger partial charge >= 0.3 is 0 Å². The third-order valence-electron chi connectivity index (χ3n) is 3.80. The van der Waals surface area contributed by atoms with Gasteiger partial charge in [0.15, 0.2) is 0 Å². The summed E-state index contributed by atoms with van der Waals surface area (Å²) in [7, 11) is 1.64. The van der Waals surface area contributed by atoms with Crippen molar-refractivity contribution in [2.75, 3.05) is 19.0 Å². The number of aliphatic hydroxyl groups is 1. The number of hydrogen-bond acceptors (Lipinski definition) is 4. The minimum absolute atomic E-state index is 0.00979. The van der Waals surface area contributed by atoms with Crippen LogP contribution < -0.4 is 10.1 Å². The Morgan fingerprint density at radius 2 is 1.91 bits per heavy atom. The molecular formula is C18H19ClN2O2. The van der Waals surface area contributed by atoms with Crippen LogP contribution in [0, 0.1) is 0 Å². The first-order valence-electron chi connectivity index (χ1n) is 7.39. The number of methoxy groups -OCH3 is 1. The van der Waals surface area contributed by atoms with Gasteiger partial charge in [0.05, 0.1) is 36.0 Å². The number of aromatic nitrogens is 1. The Balaban J connectivity index is 2.36. The van der Waals surface area contributed by atoms with Crippen molar-refractivity contribution in [3.05, 3.63) is 41.4 Å². The topological polar surface area (TPSA) is 54.4 Å². The van der Waals surface area contributed by atoms with E-state index in [-0.39, 0.29) is 6.61 Å². The standard InChI is InChI=1S/C18H19ClN2O2/c1-18(2,10-22)21-17-13-6-4-11(19)8-16(13)20-15-7-5-12(23-3)9-14(15)17/h4-9,22H,10H2,1-3H3,(H,20,21). The number of benzene rings is 2. The highest BCUT2D eigenvalue weighted by atomic mass is 35.5. The number of nitrogens with one attached hydrogen (secondary N) is 1. The van der Waals surface area contributed by atoms with E-state index in [0.717, 1.165) is 33.2 Å². The Bertz CT molecular complexity index is 878. The lowest BCUT2D eigenvalue weighted by Gasteiger charge is -2.27. The molecule has 23 heavy (non-hydrogen) atoms. The smallest absolute Gasteiger partial charge is 0.119 e. The van der Waals surface area contributed by atoms with Gasteiger partial charge in [-0.1, -0.05) is 11.6 Å². The fourth-order valence-electron chi connectivity index (χ4n) is 2.54. The average Bonchev–Trinajstić information content (AvgIpc) is 2.54. The third kappa shape index (κ3) is 3.05. The molecule has 0 saturated carbocycles. The molecule has 0 atom stereocenters. The van der Waals surface area contributed by atoms with Crippen LogP contribution in [-0.4, -0.2) is 29.3 Å². The molecule has 0 saturated heterocycles. The van der Waals surface area contributed by atoms with Crippen molar-refractivity contribution < 1.29 is 9.84 Å². The molecule has 0 spiro atoms. The van der Waals surface area contributed by atoms with Crippen LogP contribution in [0.2, 0.25) is 5.02 Å². The molecule has 0 aliphatic heterocycles. The number of nitrogens with zero attached hydrogens (tertiary/aromatic N) is 1. The maximum atomic E-state index is 9.62. The molecule has 0 bridgehead atoms. The summed E-state index contributed by atoms with van der Waals surface area (Å²) < 4.78 is 5.34. The molecule has 1 heterocycles. The molecule has 0 aliphatic carbocycles. The van der Waals surface area contributed by atoms with Crippen LogP contribution in [0.5, 0.6) is 5.75 Å². The Labute approximate surface area is 140 Å². The summed E-state index contributed by atoms with van der Waals surface area (Å²) in [5.74, 6) is 0.762. The monoisotopic (exact) mass is 330 g/mol. The number of hydrogen-bond donors (Lipinski definition) is 2. The second-order valence-electron chi connectivity index (χ2n) is 6.20. The number of fused-ring (bicyclic) bond motifs is 2. The van der Waals surface area contributed by atoms with Gasteiger partial charge in [0, 0.05) is 15.8 Å². The largest absolute Gasteiger partial charge is 0.497 e. The normalized spacial score (nSPS) is 11.9. The number of pyridine rings is 1. The minimum Gasteiger partial charge on any atom is -0.497 e. The van der Waals surface area contributed by atoms with E-state index in [1.54, 1.807) is 7.11 Å². The SMILES string of the molecule is COc1ccc2nc3cc(Cl)ccc3c(NC(C)(C)CO)c2c1. The summed E-state index contributed by atoms with van der Waals surface area (Å²) in [6.07, 6.45) is 0. The van der Waals surface area contributed by atoms with Gasteiger partial charge in [-0.2, -0.15) is 0 Å². The lowest BCUT2D eigenvalue weighted by molar-refractivity contribution is 0.234. The van der Waals surface area contributed by atoms with E-state index >= 15 is 0 Å². The molecule has 0 fully saturated rings. The van der Waals surface area contributed by atoms with Gasteiger partial charge in [-0.15, -0.1) is 0 Å². The summed E-state index contributed by atoms with van der Waals surface area (Å²) in [6, 6.07) is 11.4. The van der Waals surface area contributed by atoms with Crippen molar-refractivity contribution in [2.45, 2.75) is 19.4 Å². The number of halogens is 1. The minimum atomic E-state index is -0.468. The van der Waals surface area contributed by atoms with Gasteiger partial charge in [0.25, 0.3) is 0 Å². The number of aliphatic hydroxyl groups excluding tert-OH is 1. The van der Waals surface area contributed by atoms with Crippen LogP contribution in [0.25, 0.3) is 21.8 Å². The average molecular weight is 331 g/mol. The van der Waals surface area contributed by atoms with Gasteiger partial charge < -0.3 is 15.2 Å². The zero-order valence-corrected chi connectivity index (χ0v) is 14.1. The van der Waals surface area contributed by atoms with Gasteiger partial charge in [-0.25, -0.2) is 4.98 Å². The lowest BCUT2D eigenvalue weighted by Crippen LogP contribution is -2.35. The number of rotatable bonds is 4. The fourth-order valence-corrected chi connectivity index (χ4v) is 2.70. The molecule has 4 nitrogen and oxygen atoms in total. The van der Waals surface area contributed by atoms with Crippen molar-refractivity contribution in [1.29, 1.82) is 0 Å². The Morgan fingerprint density at radius 1 is 1.13 bits per heavy atom. The van der Waals surface area contributed by atoms with Gasteiger partial charge in [0.1, 0.15) is 5.75 Å². The Kier molecular flexibility index (Phi) is 4.04. The lowest BCUT2D eigenvalue weighted by atomic mass is 10.0. The van der Waals surface area contributed by atoms with Crippen LogP contribution in [-0.2, 0) is 0 Å². The molecule has 2 N–H and O–H groups in total. The quantitative estimate of drug-likeness (QED) is 0.703. The maximum Gasteiger partial charge on any atom is 0.119 e. The summed E-state index contributed by atoms with van der Waals surface area (Å²) in [5.41, 5.74) is 2.10. The summed E-state index contributed by atoms with van der Waals surface area (Å²) in [4.78, 5) is 4.69. The number of anilines is 1. The van der Waals surface area contributed by atoms with E-state index in [1.807, 2.05) is 50.2 Å². The molecule has 0 radical (unpaired) electrons. The molecular weight excluding hydrogens is 312 g/mol. The third-order valence-corrected chi connectivity index (χ3v) is 4.04. The van der Waals surface area contributed by atoms with Crippen molar-refractivity contribution in [2.24, 2.45) is 0 Å². The second kappa shape index (κ2) is 5.87. The van der Waals surface area contributed by atoms with Gasteiger partial charge in [0.2, 0.25) is 0 Å². The Morgan fingerprint density at radius 3 is 2.61 bits per heavy atom. The molecule has 0 aliphatic rings. The summed E-state index contributed by atoms with van der Waals surface area (Å²) >= 11 is 6.11. The summed E-state index contributed by atoms with van der Waals surface area (Å²) in [6.45, 7) is 3.90. The summed E-state index contributed by atoms with van der Waals surface area (Å²) in [5, 5.41) is 15.6. The molecule has 0 amide bonds. The first-order valence-corrected chi connectivity index (χ1v) is 7.77. The van der Waals surface area contributed by atoms with E-state index in [1.165, 1.54) is 0 Å². The molecule has 0 unspecified atom stereocenters. The molecule has 3 aromatic rings. The second-order valence-corrected chi connectivity index (χ2v) is 6.63. The van der Waals surface area contributed by atoms with Crippen molar-refractivity contribution in [3.63, 3.8) is 0 Å². The van der Waals surface area contributed by atoms with Gasteiger partial charge in [-0.3, -0.25) is 0 Å². The number of ether oxygens (including phenoxy) is 1. The molecule has 120 valence electrons. The van der Waals surface area contributed by atoms with Crippen LogP contribution in [0.3, 0.4) is 0 Å². The highest BCUT2D eigenvalue weighted by Gasteiger charge is 2.20. The van der Waals surface area contributed by atoms with Crippen molar-refractivity contribution in [3.8, 4) is 5.75 Å². The first-order chi connectivity index (χ1) is 10.9. The molecule has 3 rings (SSSR count). The Hall–Kier alpha value is -2.04. The first kappa shape index (κ1) is 15.8. The van der Waals surface area contributed by atoms with Gasteiger partial charge in [-0.05, 0) is 50.2 Å². The zero-order valence-electron chi connectivity index (χ0n) is 13.4.